The van der Waals surface area contributed by atoms with E-state index in [-0.39, 0.29) is 0 Å². The van der Waals surface area contributed by atoms with Gasteiger partial charge in [-0.05, 0) is 61.4 Å². The Morgan fingerprint density at radius 3 is 1.17 bits per heavy atom. The van der Waals surface area contributed by atoms with Crippen molar-refractivity contribution in [2.45, 2.75) is 13.8 Å². The lowest BCUT2D eigenvalue weighted by atomic mass is 10.1. The molecule has 4 aromatic rings. The van der Waals surface area contributed by atoms with Gasteiger partial charge in [0.1, 0.15) is 22.1 Å². The molecule has 36 heavy (non-hydrogen) atoms. The van der Waals surface area contributed by atoms with E-state index in [4.69, 9.17) is 10.2 Å². The van der Waals surface area contributed by atoms with Crippen LogP contribution in [0.4, 0.5) is 0 Å². The Morgan fingerprint density at radius 2 is 0.889 bits per heavy atom. The SMILES string of the molecule is C=C(\C=C/C=C(C)/C(C)=C/C=C\C(=C)n1nc2ccccc2n1)n1nc2ccccc2n1.CO.CO. The average Bonchev–Trinajstić information content (AvgIpc) is 3.55. The molecule has 2 N–H and O–H groups in total. The maximum absolute atomic E-state index is 7.00. The van der Waals surface area contributed by atoms with E-state index in [1.807, 2.05) is 85.0 Å². The third kappa shape index (κ3) is 7.30. The Morgan fingerprint density at radius 1 is 0.611 bits per heavy atom. The van der Waals surface area contributed by atoms with Crippen molar-refractivity contribution in [2.75, 3.05) is 14.2 Å². The van der Waals surface area contributed by atoms with Crippen LogP contribution < -0.4 is 0 Å². The van der Waals surface area contributed by atoms with Gasteiger partial charge in [-0.15, -0.1) is 20.4 Å². The van der Waals surface area contributed by atoms with Crippen molar-refractivity contribution in [3.05, 3.63) is 109 Å². The maximum Gasteiger partial charge on any atom is 0.113 e. The zero-order chi connectivity index (χ0) is 26.5. The van der Waals surface area contributed by atoms with Crippen LogP contribution in [0.2, 0.25) is 0 Å². The fourth-order valence-electron chi connectivity index (χ4n) is 2.98. The molecule has 0 aliphatic rings. The van der Waals surface area contributed by atoms with Crippen molar-refractivity contribution in [1.82, 2.24) is 30.0 Å². The number of aromatic nitrogens is 6. The topological polar surface area (TPSA) is 102 Å². The van der Waals surface area contributed by atoms with E-state index in [0.29, 0.717) is 11.4 Å². The molecule has 2 aromatic carbocycles. The van der Waals surface area contributed by atoms with Crippen LogP contribution in [0, 0.1) is 0 Å². The molecule has 2 heterocycles. The minimum Gasteiger partial charge on any atom is -0.400 e. The molecule has 0 aliphatic heterocycles. The van der Waals surface area contributed by atoms with E-state index in [9.17, 15) is 0 Å². The monoisotopic (exact) mass is 484 g/mol. The predicted molar refractivity (Wildman–Crippen MR) is 148 cm³/mol. The molecule has 186 valence electrons. The average molecular weight is 485 g/mol. The van der Waals surface area contributed by atoms with E-state index in [0.717, 1.165) is 47.4 Å². The maximum atomic E-state index is 7.00. The third-order valence-corrected chi connectivity index (χ3v) is 4.98. The number of benzene rings is 2. The highest BCUT2D eigenvalue weighted by Gasteiger charge is 2.03. The fraction of sp³-hybridized carbons (Fsp3) is 0.143. The molecule has 2 aromatic heterocycles. The molecule has 0 fully saturated rings. The van der Waals surface area contributed by atoms with Crippen LogP contribution >= 0.6 is 0 Å². The highest BCUT2D eigenvalue weighted by Crippen LogP contribution is 2.13. The number of aliphatic hydroxyl groups excluding tert-OH is 2. The minimum absolute atomic E-state index is 0.696. The van der Waals surface area contributed by atoms with E-state index in [1.165, 1.54) is 0 Å². The summed E-state index contributed by atoms with van der Waals surface area (Å²) >= 11 is 0. The van der Waals surface area contributed by atoms with Gasteiger partial charge in [-0.3, -0.25) is 0 Å². The summed E-state index contributed by atoms with van der Waals surface area (Å²) in [5.74, 6) is 0. The molecule has 0 saturated carbocycles. The Kier molecular flexibility index (Phi) is 10.9. The van der Waals surface area contributed by atoms with Gasteiger partial charge in [0.25, 0.3) is 0 Å². The first-order valence-electron chi connectivity index (χ1n) is 11.1. The minimum atomic E-state index is 0.696. The highest BCUT2D eigenvalue weighted by atomic mass is 16.2. The summed E-state index contributed by atoms with van der Waals surface area (Å²) in [6, 6.07) is 15.5. The number of allylic oxidation sites excluding steroid dienone is 10. The van der Waals surface area contributed by atoms with Gasteiger partial charge in [0.15, 0.2) is 0 Å². The first-order valence-corrected chi connectivity index (χ1v) is 11.1. The van der Waals surface area contributed by atoms with E-state index in [2.05, 4.69) is 47.4 Å². The van der Waals surface area contributed by atoms with Crippen LogP contribution in [0.25, 0.3) is 33.5 Å². The fourth-order valence-corrected chi connectivity index (χ4v) is 2.98. The second kappa shape index (κ2) is 14.1. The molecular weight excluding hydrogens is 452 g/mol. The van der Waals surface area contributed by atoms with Gasteiger partial charge in [-0.25, -0.2) is 0 Å². The first kappa shape index (κ1) is 27.8. The third-order valence-electron chi connectivity index (χ3n) is 4.98. The van der Waals surface area contributed by atoms with Crippen LogP contribution in [0.5, 0.6) is 0 Å². The molecule has 0 unspecified atom stereocenters. The molecule has 8 heteroatoms. The second-order valence-corrected chi connectivity index (χ2v) is 7.36. The van der Waals surface area contributed by atoms with Crippen LogP contribution in [-0.2, 0) is 0 Å². The summed E-state index contributed by atoms with van der Waals surface area (Å²) in [6.07, 6.45) is 11.7. The zero-order valence-electron chi connectivity index (χ0n) is 21.1. The lowest BCUT2D eigenvalue weighted by Gasteiger charge is -2.00. The van der Waals surface area contributed by atoms with Crippen molar-refractivity contribution in [1.29, 1.82) is 0 Å². The van der Waals surface area contributed by atoms with Crippen molar-refractivity contribution in [2.24, 2.45) is 0 Å². The molecule has 0 bridgehead atoms. The second-order valence-electron chi connectivity index (χ2n) is 7.36. The Labute approximate surface area is 211 Å². The quantitative estimate of drug-likeness (QED) is 0.356. The first-order chi connectivity index (χ1) is 17.5. The molecule has 0 saturated heterocycles. The summed E-state index contributed by atoms with van der Waals surface area (Å²) in [7, 11) is 2.00. The number of nitrogens with zero attached hydrogens (tertiary/aromatic N) is 6. The van der Waals surface area contributed by atoms with Crippen LogP contribution in [0.3, 0.4) is 0 Å². The number of hydrogen-bond acceptors (Lipinski definition) is 6. The van der Waals surface area contributed by atoms with Crippen LogP contribution in [0.15, 0.2) is 109 Å². The van der Waals surface area contributed by atoms with Gasteiger partial charge in [-0.2, -0.15) is 9.59 Å². The lowest BCUT2D eigenvalue weighted by molar-refractivity contribution is 0.399. The van der Waals surface area contributed by atoms with Gasteiger partial charge >= 0.3 is 0 Å². The van der Waals surface area contributed by atoms with E-state index >= 15 is 0 Å². The van der Waals surface area contributed by atoms with Gasteiger partial charge in [0.05, 0.1) is 11.4 Å². The molecule has 4 rings (SSSR count). The van der Waals surface area contributed by atoms with Crippen molar-refractivity contribution in [3.63, 3.8) is 0 Å². The summed E-state index contributed by atoms with van der Waals surface area (Å²) in [4.78, 5) is 3.10. The molecule has 0 spiro atoms. The van der Waals surface area contributed by atoms with Crippen molar-refractivity contribution < 1.29 is 10.2 Å². The normalized spacial score (nSPS) is 11.9. The van der Waals surface area contributed by atoms with Crippen molar-refractivity contribution in [3.8, 4) is 0 Å². The van der Waals surface area contributed by atoms with Crippen LogP contribution in [0.1, 0.15) is 13.8 Å². The summed E-state index contributed by atoms with van der Waals surface area (Å²) in [5.41, 5.74) is 7.04. The van der Waals surface area contributed by atoms with Crippen molar-refractivity contribution >= 4 is 33.5 Å². The predicted octanol–water partition coefficient (Wildman–Crippen LogP) is 5.04. The number of fused-ring (bicyclic) bond motifs is 2. The van der Waals surface area contributed by atoms with E-state index < -0.39 is 0 Å². The number of rotatable bonds is 7. The molecular formula is C28H32N6O2. The molecule has 0 aliphatic carbocycles. The summed E-state index contributed by atoms with van der Waals surface area (Å²) in [5, 5.41) is 31.7. The van der Waals surface area contributed by atoms with Gasteiger partial charge in [0, 0.05) is 14.2 Å². The largest absolute Gasteiger partial charge is 0.400 e. The molecule has 0 atom stereocenters. The highest BCUT2D eigenvalue weighted by molar-refractivity contribution is 5.75. The molecule has 8 nitrogen and oxygen atoms in total. The number of hydrogen-bond donors (Lipinski definition) is 2. The number of aliphatic hydroxyl groups is 2. The van der Waals surface area contributed by atoms with Gasteiger partial charge < -0.3 is 10.2 Å². The Bertz CT molecular complexity index is 1260. The molecule has 0 amide bonds. The zero-order valence-corrected chi connectivity index (χ0v) is 21.1. The lowest BCUT2D eigenvalue weighted by Crippen LogP contribution is -1.97. The Balaban J connectivity index is 0.00000109. The summed E-state index contributed by atoms with van der Waals surface area (Å²) in [6.45, 7) is 12.2. The summed E-state index contributed by atoms with van der Waals surface area (Å²) < 4.78 is 0. The Hall–Kier alpha value is -4.40. The van der Waals surface area contributed by atoms with Gasteiger partial charge in [-0.1, -0.05) is 61.7 Å². The standard InChI is InChI=1S/C26H24N6.2CH4O/c1-19(11-9-13-21(3)31-27-23-15-5-6-16-24(23)28-31)20(2)12-10-14-22(4)32-29-25-17-7-8-18-26(25)30-32;2*1-2/h5-18H,3-4H2,1-2H3;2*2H,1H3/b13-9-,14-10-,19-11+,20-12+;;. The van der Waals surface area contributed by atoms with Crippen LogP contribution in [-0.4, -0.2) is 54.4 Å². The van der Waals surface area contributed by atoms with E-state index in [1.54, 1.807) is 9.59 Å². The smallest absolute Gasteiger partial charge is 0.113 e. The van der Waals surface area contributed by atoms with Gasteiger partial charge in [0.2, 0.25) is 0 Å². The molecule has 0 radical (unpaired) electrons.